The van der Waals surface area contributed by atoms with E-state index in [0.717, 1.165) is 30.6 Å². The third-order valence-electron chi connectivity index (χ3n) is 4.18. The largest absolute Gasteiger partial charge is 0.353 e. The van der Waals surface area contributed by atoms with Gasteiger partial charge in [0.25, 0.3) is 9.05 Å². The van der Waals surface area contributed by atoms with E-state index in [0.29, 0.717) is 16.7 Å². The standard InChI is InChI=1S/C14H20ClNO3S2/c1-9-3-4-11(7-10(9)2)16-13(17)8-12-5-6-14(20-12)21(15,18)19/h5-6,9-11H,3-4,7-8H2,1-2H3,(H,16,17). The number of halogens is 1. The van der Waals surface area contributed by atoms with Gasteiger partial charge in [-0.2, -0.15) is 0 Å². The molecule has 0 saturated heterocycles. The molecule has 118 valence electrons. The summed E-state index contributed by atoms with van der Waals surface area (Å²) in [5.41, 5.74) is 0. The number of hydrogen-bond donors (Lipinski definition) is 1. The van der Waals surface area contributed by atoms with E-state index in [-0.39, 0.29) is 22.6 Å². The zero-order chi connectivity index (χ0) is 15.6. The Morgan fingerprint density at radius 2 is 2.05 bits per heavy atom. The zero-order valence-electron chi connectivity index (χ0n) is 12.1. The SMILES string of the molecule is CC1CCC(NC(=O)Cc2ccc(S(=O)(=O)Cl)s2)CC1C. The summed E-state index contributed by atoms with van der Waals surface area (Å²) in [7, 11) is 1.58. The van der Waals surface area contributed by atoms with Gasteiger partial charge in [-0.25, -0.2) is 8.42 Å². The summed E-state index contributed by atoms with van der Waals surface area (Å²) >= 11 is 1.05. The Balaban J connectivity index is 1.89. The first-order valence-corrected chi connectivity index (χ1v) is 10.2. The minimum Gasteiger partial charge on any atom is -0.353 e. The first-order valence-electron chi connectivity index (χ1n) is 7.08. The van der Waals surface area contributed by atoms with Crippen LogP contribution in [-0.4, -0.2) is 20.4 Å². The van der Waals surface area contributed by atoms with Crippen LogP contribution in [0.2, 0.25) is 0 Å². The fourth-order valence-electron chi connectivity index (χ4n) is 2.70. The zero-order valence-corrected chi connectivity index (χ0v) is 14.5. The third-order valence-corrected chi connectivity index (χ3v) is 7.35. The van der Waals surface area contributed by atoms with Gasteiger partial charge in [0.2, 0.25) is 5.91 Å². The Morgan fingerprint density at radius 3 is 2.62 bits per heavy atom. The topological polar surface area (TPSA) is 63.2 Å². The molecule has 4 nitrogen and oxygen atoms in total. The van der Waals surface area contributed by atoms with E-state index in [1.54, 1.807) is 6.07 Å². The Labute approximate surface area is 134 Å². The van der Waals surface area contributed by atoms with Gasteiger partial charge in [0.05, 0.1) is 6.42 Å². The van der Waals surface area contributed by atoms with Crippen molar-refractivity contribution in [3.05, 3.63) is 17.0 Å². The molecule has 0 radical (unpaired) electrons. The van der Waals surface area contributed by atoms with Crippen molar-refractivity contribution in [2.45, 2.75) is 49.8 Å². The predicted octanol–water partition coefficient (Wildman–Crippen LogP) is 3.16. The molecule has 1 N–H and O–H groups in total. The number of nitrogens with one attached hydrogen (secondary N) is 1. The second kappa shape index (κ2) is 6.67. The maximum Gasteiger partial charge on any atom is 0.270 e. The fraction of sp³-hybridized carbons (Fsp3) is 0.643. The molecule has 2 rings (SSSR count). The Bertz CT molecular complexity index is 611. The summed E-state index contributed by atoms with van der Waals surface area (Å²) in [6.07, 6.45) is 3.37. The summed E-state index contributed by atoms with van der Waals surface area (Å²) in [6, 6.07) is 3.32. The molecule has 1 saturated carbocycles. The lowest BCUT2D eigenvalue weighted by Gasteiger charge is -2.32. The average molecular weight is 350 g/mol. The number of rotatable bonds is 4. The lowest BCUT2D eigenvalue weighted by molar-refractivity contribution is -0.121. The second-order valence-electron chi connectivity index (χ2n) is 5.87. The monoisotopic (exact) mass is 349 g/mol. The van der Waals surface area contributed by atoms with Crippen LogP contribution in [0.5, 0.6) is 0 Å². The van der Waals surface area contributed by atoms with Crippen molar-refractivity contribution >= 4 is 37.0 Å². The average Bonchev–Trinajstić information content (AvgIpc) is 2.82. The molecule has 1 aromatic heterocycles. The number of carbonyl (C=O) groups excluding carboxylic acids is 1. The summed E-state index contributed by atoms with van der Waals surface area (Å²) in [5, 5.41) is 3.05. The molecule has 1 amide bonds. The van der Waals surface area contributed by atoms with E-state index in [1.807, 2.05) is 0 Å². The van der Waals surface area contributed by atoms with Crippen LogP contribution in [0.15, 0.2) is 16.3 Å². The van der Waals surface area contributed by atoms with Crippen molar-refractivity contribution in [3.63, 3.8) is 0 Å². The number of thiophene rings is 1. The predicted molar refractivity (Wildman–Crippen MR) is 85.2 cm³/mol. The van der Waals surface area contributed by atoms with Gasteiger partial charge in [0.15, 0.2) is 0 Å². The maximum atomic E-state index is 12.0. The molecule has 7 heteroatoms. The maximum absolute atomic E-state index is 12.0. The molecule has 1 aliphatic carbocycles. The van der Waals surface area contributed by atoms with Crippen molar-refractivity contribution in [2.75, 3.05) is 0 Å². The highest BCUT2D eigenvalue weighted by atomic mass is 35.7. The lowest BCUT2D eigenvalue weighted by atomic mass is 9.79. The summed E-state index contributed by atoms with van der Waals surface area (Å²) < 4.78 is 22.5. The third kappa shape index (κ3) is 4.69. The van der Waals surface area contributed by atoms with Crippen molar-refractivity contribution in [3.8, 4) is 0 Å². The molecule has 1 aromatic rings. The Morgan fingerprint density at radius 1 is 1.33 bits per heavy atom. The molecule has 1 aliphatic rings. The van der Waals surface area contributed by atoms with Gasteiger partial charge in [0, 0.05) is 21.6 Å². The normalized spacial score (nSPS) is 26.5. The Hall–Kier alpha value is -0.590. The smallest absolute Gasteiger partial charge is 0.270 e. The minimum atomic E-state index is -3.70. The highest BCUT2D eigenvalue weighted by molar-refractivity contribution is 8.15. The van der Waals surface area contributed by atoms with E-state index < -0.39 is 9.05 Å². The van der Waals surface area contributed by atoms with Crippen LogP contribution in [0.25, 0.3) is 0 Å². The van der Waals surface area contributed by atoms with E-state index in [9.17, 15) is 13.2 Å². The molecular weight excluding hydrogens is 330 g/mol. The lowest BCUT2D eigenvalue weighted by Crippen LogP contribution is -2.40. The number of carbonyl (C=O) groups is 1. The summed E-state index contributed by atoms with van der Waals surface area (Å²) in [5.74, 6) is 1.29. The van der Waals surface area contributed by atoms with Gasteiger partial charge in [-0.05, 0) is 43.2 Å². The Kier molecular flexibility index (Phi) is 5.33. The van der Waals surface area contributed by atoms with Crippen molar-refractivity contribution in [1.82, 2.24) is 5.32 Å². The highest BCUT2D eigenvalue weighted by Gasteiger charge is 2.25. The molecule has 3 unspecified atom stereocenters. The summed E-state index contributed by atoms with van der Waals surface area (Å²) in [4.78, 5) is 12.8. The van der Waals surface area contributed by atoms with Crippen molar-refractivity contribution < 1.29 is 13.2 Å². The van der Waals surface area contributed by atoms with E-state index in [2.05, 4.69) is 19.2 Å². The van der Waals surface area contributed by atoms with Crippen molar-refractivity contribution in [1.29, 1.82) is 0 Å². The van der Waals surface area contributed by atoms with Gasteiger partial charge in [0.1, 0.15) is 4.21 Å². The second-order valence-corrected chi connectivity index (χ2v) is 9.83. The quantitative estimate of drug-likeness (QED) is 0.849. The van der Waals surface area contributed by atoms with Crippen LogP contribution in [0.4, 0.5) is 0 Å². The fourth-order valence-corrected chi connectivity index (χ4v) is 4.82. The summed E-state index contributed by atoms with van der Waals surface area (Å²) in [6.45, 7) is 4.47. The van der Waals surface area contributed by atoms with Crippen LogP contribution in [0.1, 0.15) is 38.0 Å². The van der Waals surface area contributed by atoms with Gasteiger partial charge in [-0.1, -0.05) is 13.8 Å². The van der Waals surface area contributed by atoms with Gasteiger partial charge < -0.3 is 5.32 Å². The molecule has 3 atom stereocenters. The number of hydrogen-bond acceptors (Lipinski definition) is 4. The first kappa shape index (κ1) is 16.8. The van der Waals surface area contributed by atoms with Gasteiger partial charge in [-0.3, -0.25) is 4.79 Å². The first-order chi connectivity index (χ1) is 9.75. The minimum absolute atomic E-state index is 0.0536. The highest BCUT2D eigenvalue weighted by Crippen LogP contribution is 2.29. The van der Waals surface area contributed by atoms with Crippen LogP contribution < -0.4 is 5.32 Å². The molecule has 0 spiro atoms. The molecule has 1 heterocycles. The van der Waals surface area contributed by atoms with Gasteiger partial charge >= 0.3 is 0 Å². The van der Waals surface area contributed by atoms with Crippen LogP contribution in [-0.2, 0) is 20.3 Å². The van der Waals surface area contributed by atoms with Gasteiger partial charge in [-0.15, -0.1) is 11.3 Å². The van der Waals surface area contributed by atoms with Crippen LogP contribution in [0.3, 0.4) is 0 Å². The molecule has 1 fully saturated rings. The molecular formula is C14H20ClNO3S2. The molecule has 21 heavy (non-hydrogen) atoms. The van der Waals surface area contributed by atoms with Crippen molar-refractivity contribution in [2.24, 2.45) is 11.8 Å². The molecule has 0 bridgehead atoms. The molecule has 0 aliphatic heterocycles. The van der Waals surface area contributed by atoms with Crippen LogP contribution >= 0.6 is 22.0 Å². The van der Waals surface area contributed by atoms with E-state index >= 15 is 0 Å². The van der Waals surface area contributed by atoms with Crippen LogP contribution in [0, 0.1) is 11.8 Å². The molecule has 0 aromatic carbocycles. The van der Waals surface area contributed by atoms with E-state index in [4.69, 9.17) is 10.7 Å². The number of amides is 1. The van der Waals surface area contributed by atoms with E-state index in [1.165, 1.54) is 6.07 Å².